The van der Waals surface area contributed by atoms with Crippen molar-refractivity contribution >= 4 is 43.6 Å². The van der Waals surface area contributed by atoms with Crippen molar-refractivity contribution in [3.8, 4) is 17.2 Å². The zero-order valence-electron chi connectivity index (χ0n) is 19.9. The summed E-state index contributed by atoms with van der Waals surface area (Å²) in [6.07, 6.45) is 0. The third kappa shape index (κ3) is 3.44. The van der Waals surface area contributed by atoms with Gasteiger partial charge in [-0.2, -0.15) is 0 Å². The molecule has 37 heavy (non-hydrogen) atoms. The van der Waals surface area contributed by atoms with Gasteiger partial charge in [0.25, 0.3) is 5.91 Å². The predicted molar refractivity (Wildman–Crippen MR) is 137 cm³/mol. The Labute approximate surface area is 213 Å². The molecule has 1 atom stereocenters. The molecule has 3 aromatic carbocycles. The quantitative estimate of drug-likeness (QED) is 0.311. The van der Waals surface area contributed by atoms with Gasteiger partial charge >= 0.3 is 0 Å². The summed E-state index contributed by atoms with van der Waals surface area (Å²) in [6.45, 7) is 0. The van der Waals surface area contributed by atoms with E-state index in [9.17, 15) is 14.0 Å². The fourth-order valence-corrected chi connectivity index (χ4v) is 5.68. The number of benzene rings is 3. The van der Waals surface area contributed by atoms with Gasteiger partial charge in [-0.1, -0.05) is 23.5 Å². The molecular formula is C27H19FN2O6S. The van der Waals surface area contributed by atoms with E-state index in [1.54, 1.807) is 42.5 Å². The molecule has 1 unspecified atom stereocenters. The van der Waals surface area contributed by atoms with E-state index in [1.807, 2.05) is 0 Å². The zero-order chi connectivity index (χ0) is 25.8. The first-order valence-corrected chi connectivity index (χ1v) is 12.0. The Bertz CT molecular complexity index is 1780. The van der Waals surface area contributed by atoms with Crippen LogP contribution in [0.2, 0.25) is 0 Å². The van der Waals surface area contributed by atoms with E-state index in [0.717, 1.165) is 11.3 Å². The van der Waals surface area contributed by atoms with Crippen LogP contribution in [-0.4, -0.2) is 32.2 Å². The number of ether oxygens (including phenoxy) is 3. The molecule has 0 aliphatic carbocycles. The number of hydrogen-bond donors (Lipinski definition) is 0. The lowest BCUT2D eigenvalue weighted by molar-refractivity contribution is 0.0971. The van der Waals surface area contributed by atoms with Crippen molar-refractivity contribution in [1.82, 2.24) is 4.98 Å². The first-order chi connectivity index (χ1) is 17.9. The van der Waals surface area contributed by atoms with Gasteiger partial charge in [0.05, 0.1) is 42.5 Å². The maximum Gasteiger partial charge on any atom is 0.297 e. The van der Waals surface area contributed by atoms with Gasteiger partial charge in [0.1, 0.15) is 23.2 Å². The van der Waals surface area contributed by atoms with Crippen LogP contribution < -0.4 is 24.5 Å². The first-order valence-electron chi connectivity index (χ1n) is 11.2. The molecule has 186 valence electrons. The predicted octanol–water partition coefficient (Wildman–Crippen LogP) is 5.32. The van der Waals surface area contributed by atoms with E-state index < -0.39 is 17.8 Å². The van der Waals surface area contributed by atoms with Crippen molar-refractivity contribution in [1.29, 1.82) is 0 Å². The minimum Gasteiger partial charge on any atom is -0.496 e. The average molecular weight is 519 g/mol. The van der Waals surface area contributed by atoms with Crippen LogP contribution in [0.15, 0.2) is 63.8 Å². The second kappa shape index (κ2) is 8.59. The number of anilines is 1. The third-order valence-corrected chi connectivity index (χ3v) is 7.37. The fraction of sp³-hybridized carbons (Fsp3) is 0.148. The minimum absolute atomic E-state index is 0.0871. The number of methoxy groups -OCH3 is 3. The van der Waals surface area contributed by atoms with Crippen molar-refractivity contribution < 1.29 is 27.8 Å². The van der Waals surface area contributed by atoms with Gasteiger partial charge in [-0.25, -0.2) is 9.37 Å². The highest BCUT2D eigenvalue weighted by Crippen LogP contribution is 2.48. The molecule has 0 radical (unpaired) electrons. The molecule has 1 aliphatic rings. The average Bonchev–Trinajstić information content (AvgIpc) is 3.45. The molecule has 2 aromatic heterocycles. The monoisotopic (exact) mass is 518 g/mol. The van der Waals surface area contributed by atoms with E-state index in [2.05, 4.69) is 4.98 Å². The molecule has 0 saturated heterocycles. The van der Waals surface area contributed by atoms with Crippen LogP contribution in [-0.2, 0) is 0 Å². The van der Waals surface area contributed by atoms with Gasteiger partial charge in [0.15, 0.2) is 22.1 Å². The van der Waals surface area contributed by atoms with Crippen LogP contribution in [0, 0.1) is 5.82 Å². The summed E-state index contributed by atoms with van der Waals surface area (Å²) in [7, 11) is 4.47. The summed E-state index contributed by atoms with van der Waals surface area (Å²) in [5.41, 5.74) is 1.10. The van der Waals surface area contributed by atoms with Crippen LogP contribution in [0.25, 0.3) is 21.2 Å². The zero-order valence-corrected chi connectivity index (χ0v) is 20.7. The van der Waals surface area contributed by atoms with Crippen LogP contribution in [0.3, 0.4) is 0 Å². The lowest BCUT2D eigenvalue weighted by Gasteiger charge is -2.25. The molecule has 0 fully saturated rings. The van der Waals surface area contributed by atoms with Crippen LogP contribution >= 0.6 is 11.3 Å². The Balaban J connectivity index is 1.67. The standard InChI is InChI=1S/C27H19FN2O6S/c1-33-18-12-20(35-3)19(34-2)11-15(18)23-22-24(31)14-6-4-5-7-17(14)36-25(22)26(32)30(23)27-29-16-9-8-13(28)10-21(16)37-27/h4-12,23H,1-3H3. The molecule has 10 heteroatoms. The summed E-state index contributed by atoms with van der Waals surface area (Å²) in [4.78, 5) is 33.7. The highest BCUT2D eigenvalue weighted by atomic mass is 32.1. The number of rotatable bonds is 5. The number of amides is 1. The number of fused-ring (bicyclic) bond motifs is 3. The number of carbonyl (C=O) groups excluding carboxylic acids is 1. The molecule has 1 aliphatic heterocycles. The Morgan fingerprint density at radius 1 is 0.946 bits per heavy atom. The number of carbonyl (C=O) groups is 1. The summed E-state index contributed by atoms with van der Waals surface area (Å²) < 4.78 is 37.1. The largest absolute Gasteiger partial charge is 0.496 e. The van der Waals surface area contributed by atoms with Crippen molar-refractivity contribution in [3.63, 3.8) is 0 Å². The third-order valence-electron chi connectivity index (χ3n) is 6.35. The van der Waals surface area contributed by atoms with Gasteiger partial charge in [-0.15, -0.1) is 0 Å². The molecule has 5 aromatic rings. The van der Waals surface area contributed by atoms with Crippen molar-refractivity contribution in [3.05, 3.63) is 87.5 Å². The molecule has 0 bridgehead atoms. The summed E-state index contributed by atoms with van der Waals surface area (Å²) in [5.74, 6) is 0.124. The highest BCUT2D eigenvalue weighted by Gasteiger charge is 2.46. The minimum atomic E-state index is -0.955. The topological polar surface area (TPSA) is 91.1 Å². The van der Waals surface area contributed by atoms with Crippen molar-refractivity contribution in [2.24, 2.45) is 0 Å². The Kier molecular flexibility index (Phi) is 5.34. The molecule has 6 rings (SSSR count). The van der Waals surface area contributed by atoms with E-state index in [1.165, 1.54) is 38.4 Å². The first kappa shape index (κ1) is 23.0. The molecule has 0 saturated carbocycles. The summed E-state index contributed by atoms with van der Waals surface area (Å²) in [6, 6.07) is 13.3. The number of aromatic nitrogens is 1. The molecule has 3 heterocycles. The highest BCUT2D eigenvalue weighted by molar-refractivity contribution is 7.22. The van der Waals surface area contributed by atoms with Gasteiger partial charge in [0.2, 0.25) is 5.76 Å². The second-order valence-corrected chi connectivity index (χ2v) is 9.31. The van der Waals surface area contributed by atoms with Crippen molar-refractivity contribution in [2.75, 3.05) is 26.2 Å². The Hall–Kier alpha value is -4.44. The van der Waals surface area contributed by atoms with Gasteiger partial charge < -0.3 is 18.6 Å². The Morgan fingerprint density at radius 3 is 2.43 bits per heavy atom. The van der Waals surface area contributed by atoms with Crippen molar-refractivity contribution in [2.45, 2.75) is 6.04 Å². The summed E-state index contributed by atoms with van der Waals surface area (Å²) in [5, 5.41) is 0.619. The van der Waals surface area contributed by atoms with Crippen LogP contribution in [0.4, 0.5) is 9.52 Å². The fourth-order valence-electron chi connectivity index (χ4n) is 4.67. The van der Waals surface area contributed by atoms with Gasteiger partial charge in [-0.3, -0.25) is 14.5 Å². The van der Waals surface area contributed by atoms with Crippen LogP contribution in [0.5, 0.6) is 17.2 Å². The maximum absolute atomic E-state index is 13.9. The lowest BCUT2D eigenvalue weighted by Crippen LogP contribution is -2.29. The molecule has 0 spiro atoms. The van der Waals surface area contributed by atoms with E-state index in [-0.39, 0.29) is 21.9 Å². The second-order valence-electron chi connectivity index (χ2n) is 8.31. The molecular weight excluding hydrogens is 499 g/mol. The normalized spacial score (nSPS) is 14.9. The lowest BCUT2D eigenvalue weighted by atomic mass is 9.97. The number of para-hydroxylation sites is 1. The number of halogens is 1. The Morgan fingerprint density at radius 2 is 1.68 bits per heavy atom. The number of hydrogen-bond acceptors (Lipinski definition) is 8. The van der Waals surface area contributed by atoms with Crippen LogP contribution in [0.1, 0.15) is 27.7 Å². The molecule has 8 nitrogen and oxygen atoms in total. The molecule has 0 N–H and O–H groups in total. The maximum atomic E-state index is 13.9. The van der Waals surface area contributed by atoms with E-state index >= 15 is 0 Å². The van der Waals surface area contributed by atoms with Gasteiger partial charge in [-0.05, 0) is 36.4 Å². The number of thiazole rings is 1. The molecule has 1 amide bonds. The number of nitrogens with zero attached hydrogens (tertiary/aromatic N) is 2. The van der Waals surface area contributed by atoms with E-state index in [4.69, 9.17) is 18.6 Å². The summed E-state index contributed by atoms with van der Waals surface area (Å²) >= 11 is 1.14. The SMILES string of the molecule is COc1cc(OC)c(C2c3c(oc4ccccc4c3=O)C(=O)N2c2nc3ccc(F)cc3s2)cc1OC. The smallest absolute Gasteiger partial charge is 0.297 e. The van der Waals surface area contributed by atoms with Gasteiger partial charge in [0, 0.05) is 11.6 Å². The van der Waals surface area contributed by atoms with E-state index in [0.29, 0.717) is 44.0 Å².